The Morgan fingerprint density at radius 3 is 2.49 bits per heavy atom. The summed E-state index contributed by atoms with van der Waals surface area (Å²) in [6.45, 7) is 3.32. The predicted octanol–water partition coefficient (Wildman–Crippen LogP) is 4.58. The van der Waals surface area contributed by atoms with E-state index in [1.165, 1.54) is 27.8 Å². The Morgan fingerprint density at radius 1 is 1.09 bits per heavy atom. The lowest BCUT2D eigenvalue weighted by molar-refractivity contribution is -0.120. The number of sulfonamides is 1. The zero-order chi connectivity index (χ0) is 24.6. The molecule has 8 nitrogen and oxygen atoms in total. The average molecular weight is 534 g/mol. The number of aryl methyl sites for hydroxylation is 1. The molecule has 0 radical (unpaired) electrons. The Labute approximate surface area is 212 Å². The summed E-state index contributed by atoms with van der Waals surface area (Å²) in [4.78, 5) is 18.6. The molecule has 2 aromatic carbocycles. The molecule has 1 amide bonds. The minimum Gasteiger partial charge on any atom is -0.486 e. The normalized spacial score (nSPS) is 16.7. The number of ether oxygens (including phenoxy) is 2. The molecule has 5 rings (SSSR count). The smallest absolute Gasteiger partial charge is 0.243 e. The highest BCUT2D eigenvalue weighted by Gasteiger charge is 2.33. The predicted molar refractivity (Wildman–Crippen MR) is 135 cm³/mol. The third-order valence-electron chi connectivity index (χ3n) is 6.12. The van der Waals surface area contributed by atoms with Crippen molar-refractivity contribution in [3.63, 3.8) is 0 Å². The van der Waals surface area contributed by atoms with Crippen LogP contribution in [0.5, 0.6) is 11.5 Å². The van der Waals surface area contributed by atoms with Gasteiger partial charge >= 0.3 is 0 Å². The van der Waals surface area contributed by atoms with Gasteiger partial charge in [-0.05, 0) is 44.0 Å². The Morgan fingerprint density at radius 2 is 1.77 bits per heavy atom. The van der Waals surface area contributed by atoms with Gasteiger partial charge < -0.3 is 14.8 Å². The van der Waals surface area contributed by atoms with Gasteiger partial charge in [0.1, 0.15) is 13.2 Å². The van der Waals surface area contributed by atoms with Crippen molar-refractivity contribution in [2.75, 3.05) is 31.6 Å². The second-order valence-corrected chi connectivity index (χ2v) is 12.0. The van der Waals surface area contributed by atoms with Crippen LogP contribution in [0, 0.1) is 12.8 Å². The fraction of sp³-hybridized carbons (Fsp3) is 0.333. The highest BCUT2D eigenvalue weighted by atomic mass is 35.5. The van der Waals surface area contributed by atoms with Crippen molar-refractivity contribution in [2.45, 2.75) is 24.7 Å². The van der Waals surface area contributed by atoms with Crippen LogP contribution < -0.4 is 14.8 Å². The number of thiazole rings is 1. The first-order chi connectivity index (χ1) is 16.8. The van der Waals surface area contributed by atoms with Gasteiger partial charge in [0.15, 0.2) is 16.6 Å². The van der Waals surface area contributed by atoms with Gasteiger partial charge in [-0.3, -0.25) is 4.79 Å². The van der Waals surface area contributed by atoms with Crippen LogP contribution in [0.15, 0.2) is 47.4 Å². The van der Waals surface area contributed by atoms with Gasteiger partial charge in [-0.1, -0.05) is 23.7 Å². The number of carbonyl (C=O) groups is 1. The van der Waals surface area contributed by atoms with E-state index < -0.39 is 10.0 Å². The third kappa shape index (κ3) is 5.02. The topological polar surface area (TPSA) is 97.8 Å². The maximum Gasteiger partial charge on any atom is 0.243 e. The Balaban J connectivity index is 1.22. The number of amides is 1. The number of halogens is 1. The molecule has 3 aromatic rings. The number of hydrogen-bond donors (Lipinski definition) is 1. The first kappa shape index (κ1) is 24.1. The summed E-state index contributed by atoms with van der Waals surface area (Å²) in [6.07, 6.45) is 0.869. The zero-order valence-corrected chi connectivity index (χ0v) is 21.4. The minimum atomic E-state index is -3.69. The van der Waals surface area contributed by atoms with E-state index in [1.807, 2.05) is 19.1 Å². The number of rotatable bonds is 5. The fourth-order valence-corrected chi connectivity index (χ4v) is 6.67. The van der Waals surface area contributed by atoms with Gasteiger partial charge in [-0.25, -0.2) is 13.4 Å². The maximum absolute atomic E-state index is 13.1. The monoisotopic (exact) mass is 533 g/mol. The molecule has 1 fully saturated rings. The summed E-state index contributed by atoms with van der Waals surface area (Å²) in [5.41, 5.74) is 1.74. The maximum atomic E-state index is 13.1. The fourth-order valence-electron chi connectivity index (χ4n) is 4.22. The number of anilines is 1. The highest BCUT2D eigenvalue weighted by Crippen LogP contribution is 2.35. The Hall–Kier alpha value is -2.66. The molecule has 0 atom stereocenters. The summed E-state index contributed by atoms with van der Waals surface area (Å²) in [7, 11) is -3.69. The minimum absolute atomic E-state index is 0.141. The van der Waals surface area contributed by atoms with E-state index in [-0.39, 0.29) is 29.8 Å². The van der Waals surface area contributed by atoms with Gasteiger partial charge in [-0.2, -0.15) is 4.31 Å². The molecule has 0 unspecified atom stereocenters. The highest BCUT2D eigenvalue weighted by molar-refractivity contribution is 7.89. The van der Waals surface area contributed by atoms with E-state index >= 15 is 0 Å². The van der Waals surface area contributed by atoms with Crippen LogP contribution in [0.4, 0.5) is 5.13 Å². The second kappa shape index (κ2) is 9.77. The number of nitrogens with zero attached hydrogens (tertiary/aromatic N) is 2. The van der Waals surface area contributed by atoms with Gasteiger partial charge in [0.2, 0.25) is 15.9 Å². The number of nitrogens with one attached hydrogen (secondary N) is 1. The van der Waals surface area contributed by atoms with Crippen LogP contribution in [-0.2, 0) is 14.8 Å². The largest absolute Gasteiger partial charge is 0.486 e. The standard InChI is InChI=1S/C24H24ClN3O5S2/c1-15-22(16-2-4-18(25)5-3-16)26-24(34-15)27-23(29)17-8-10-28(11-9-17)35(30,31)19-6-7-20-21(14-19)33-13-12-32-20/h2-7,14,17H,8-13H2,1H3,(H,26,27,29). The van der Waals surface area contributed by atoms with Crippen molar-refractivity contribution in [3.8, 4) is 22.8 Å². The molecular formula is C24H24ClN3O5S2. The molecule has 11 heteroatoms. The van der Waals surface area contributed by atoms with E-state index in [2.05, 4.69) is 10.3 Å². The summed E-state index contributed by atoms with van der Waals surface area (Å²) >= 11 is 7.39. The van der Waals surface area contributed by atoms with E-state index in [9.17, 15) is 13.2 Å². The van der Waals surface area contributed by atoms with Crippen LogP contribution >= 0.6 is 22.9 Å². The average Bonchev–Trinajstić information content (AvgIpc) is 3.23. The third-order valence-corrected chi connectivity index (χ3v) is 9.15. The van der Waals surface area contributed by atoms with Crippen molar-refractivity contribution in [1.82, 2.24) is 9.29 Å². The molecule has 184 valence electrons. The van der Waals surface area contributed by atoms with Crippen LogP contribution in [0.2, 0.25) is 5.02 Å². The summed E-state index contributed by atoms with van der Waals surface area (Å²) in [5, 5.41) is 4.10. The van der Waals surface area contributed by atoms with Crippen LogP contribution in [-0.4, -0.2) is 49.9 Å². The molecule has 1 saturated heterocycles. The molecule has 0 bridgehead atoms. The van der Waals surface area contributed by atoms with Crippen LogP contribution in [0.3, 0.4) is 0 Å². The molecule has 0 spiro atoms. The molecule has 3 heterocycles. The first-order valence-electron chi connectivity index (χ1n) is 11.3. The molecule has 1 N–H and O–H groups in total. The zero-order valence-electron chi connectivity index (χ0n) is 19.0. The number of carbonyl (C=O) groups excluding carboxylic acids is 1. The van der Waals surface area contributed by atoms with Crippen molar-refractivity contribution >= 4 is 44.0 Å². The summed E-state index contributed by atoms with van der Waals surface area (Å²) in [6, 6.07) is 12.1. The van der Waals surface area contributed by atoms with Crippen molar-refractivity contribution in [2.24, 2.45) is 5.92 Å². The number of piperidine rings is 1. The number of fused-ring (bicyclic) bond motifs is 1. The van der Waals surface area contributed by atoms with Gasteiger partial charge in [0.05, 0.1) is 10.6 Å². The molecule has 2 aliphatic rings. The van der Waals surface area contributed by atoms with Crippen molar-refractivity contribution in [1.29, 1.82) is 0 Å². The SMILES string of the molecule is Cc1sc(NC(=O)C2CCN(S(=O)(=O)c3ccc4c(c3)OCCO4)CC2)nc1-c1ccc(Cl)cc1. The molecule has 2 aliphatic heterocycles. The Bertz CT molecular complexity index is 1350. The van der Waals surface area contributed by atoms with E-state index in [0.717, 1.165) is 16.1 Å². The Kier molecular flexibility index (Phi) is 6.71. The van der Waals surface area contributed by atoms with E-state index in [1.54, 1.807) is 18.2 Å². The lowest BCUT2D eigenvalue weighted by Crippen LogP contribution is -2.41. The van der Waals surface area contributed by atoms with E-state index in [0.29, 0.717) is 47.7 Å². The molecule has 0 aliphatic carbocycles. The van der Waals surface area contributed by atoms with Gasteiger partial charge in [-0.15, -0.1) is 11.3 Å². The summed E-state index contributed by atoms with van der Waals surface area (Å²) in [5.74, 6) is 0.549. The van der Waals surface area contributed by atoms with Gasteiger partial charge in [0.25, 0.3) is 0 Å². The lowest BCUT2D eigenvalue weighted by atomic mass is 9.97. The van der Waals surface area contributed by atoms with Crippen molar-refractivity contribution in [3.05, 3.63) is 52.4 Å². The first-order valence-corrected chi connectivity index (χ1v) is 13.9. The number of benzene rings is 2. The number of aromatic nitrogens is 1. The quantitative estimate of drug-likeness (QED) is 0.515. The number of hydrogen-bond acceptors (Lipinski definition) is 7. The van der Waals surface area contributed by atoms with Crippen LogP contribution in [0.1, 0.15) is 17.7 Å². The van der Waals surface area contributed by atoms with Crippen molar-refractivity contribution < 1.29 is 22.7 Å². The lowest BCUT2D eigenvalue weighted by Gasteiger charge is -2.30. The molecule has 0 saturated carbocycles. The second-order valence-electron chi connectivity index (χ2n) is 8.40. The van der Waals surface area contributed by atoms with Gasteiger partial charge in [0, 0.05) is 40.5 Å². The van der Waals surface area contributed by atoms with Crippen LogP contribution in [0.25, 0.3) is 11.3 Å². The molecule has 1 aromatic heterocycles. The molecular weight excluding hydrogens is 510 g/mol. The molecule has 35 heavy (non-hydrogen) atoms. The van der Waals surface area contributed by atoms with E-state index in [4.69, 9.17) is 21.1 Å². The summed E-state index contributed by atoms with van der Waals surface area (Å²) < 4.78 is 38.7.